The van der Waals surface area contributed by atoms with E-state index in [0.29, 0.717) is 0 Å². The fraction of sp³-hybridized carbons (Fsp3) is 0.364. The number of esters is 1. The second-order valence-corrected chi connectivity index (χ2v) is 4.54. The molecular formula is C11H11ClN2O2. The van der Waals surface area contributed by atoms with Gasteiger partial charge in [-0.05, 0) is 26.8 Å². The lowest BCUT2D eigenvalue weighted by molar-refractivity contribution is 0.00632. The Kier molecular flexibility index (Phi) is 3.51. The Hall–Kier alpha value is -1.60. The first-order chi connectivity index (χ1) is 7.33. The first-order valence-electron chi connectivity index (χ1n) is 4.60. The summed E-state index contributed by atoms with van der Waals surface area (Å²) in [6.07, 6.45) is 1.29. The highest BCUT2D eigenvalue weighted by molar-refractivity contribution is 6.33. The Morgan fingerprint density at radius 1 is 1.56 bits per heavy atom. The van der Waals surface area contributed by atoms with E-state index in [1.807, 2.05) is 0 Å². The SMILES string of the molecule is [C-]#[N+]c1cnc(C(=O)OC(C)(C)C)c(Cl)c1. The van der Waals surface area contributed by atoms with Gasteiger partial charge in [-0.3, -0.25) is 4.98 Å². The van der Waals surface area contributed by atoms with Crippen LogP contribution in [-0.4, -0.2) is 16.6 Å². The maximum absolute atomic E-state index is 11.6. The van der Waals surface area contributed by atoms with Crippen LogP contribution in [0.3, 0.4) is 0 Å². The Balaban J connectivity index is 2.98. The van der Waals surface area contributed by atoms with Gasteiger partial charge in [0.2, 0.25) is 5.69 Å². The van der Waals surface area contributed by atoms with Crippen molar-refractivity contribution in [1.29, 1.82) is 0 Å². The second-order valence-electron chi connectivity index (χ2n) is 4.14. The van der Waals surface area contributed by atoms with Crippen molar-refractivity contribution < 1.29 is 9.53 Å². The molecule has 0 amide bonds. The van der Waals surface area contributed by atoms with Gasteiger partial charge in [0.05, 0.1) is 11.6 Å². The molecule has 0 fully saturated rings. The molecule has 5 heteroatoms. The zero-order valence-corrected chi connectivity index (χ0v) is 10.00. The summed E-state index contributed by atoms with van der Waals surface area (Å²) in [7, 11) is 0. The summed E-state index contributed by atoms with van der Waals surface area (Å²) in [5.74, 6) is -0.589. The zero-order chi connectivity index (χ0) is 12.3. The van der Waals surface area contributed by atoms with Crippen LogP contribution in [0.5, 0.6) is 0 Å². The molecule has 0 aliphatic rings. The minimum Gasteiger partial charge on any atom is -0.455 e. The molecule has 0 unspecified atom stereocenters. The molecule has 0 bridgehead atoms. The van der Waals surface area contributed by atoms with E-state index in [2.05, 4.69) is 9.83 Å². The van der Waals surface area contributed by atoms with Crippen LogP contribution < -0.4 is 0 Å². The van der Waals surface area contributed by atoms with E-state index in [0.717, 1.165) is 0 Å². The number of rotatable bonds is 1. The summed E-state index contributed by atoms with van der Waals surface area (Å²) in [5, 5.41) is 0.128. The van der Waals surface area contributed by atoms with E-state index in [-0.39, 0.29) is 16.4 Å². The maximum atomic E-state index is 11.6. The largest absolute Gasteiger partial charge is 0.455 e. The molecule has 16 heavy (non-hydrogen) atoms. The number of halogens is 1. The van der Waals surface area contributed by atoms with Gasteiger partial charge in [-0.2, -0.15) is 0 Å². The molecule has 0 N–H and O–H groups in total. The molecule has 0 radical (unpaired) electrons. The van der Waals surface area contributed by atoms with Crippen molar-refractivity contribution in [3.8, 4) is 0 Å². The summed E-state index contributed by atoms with van der Waals surface area (Å²) < 4.78 is 5.11. The monoisotopic (exact) mass is 238 g/mol. The van der Waals surface area contributed by atoms with Crippen LogP contribution in [-0.2, 0) is 4.74 Å². The minimum atomic E-state index is -0.597. The summed E-state index contributed by atoms with van der Waals surface area (Å²) >= 11 is 5.83. The predicted octanol–water partition coefficient (Wildman–Crippen LogP) is 3.24. The van der Waals surface area contributed by atoms with Crippen LogP contribution in [0.4, 0.5) is 5.69 Å². The Morgan fingerprint density at radius 2 is 2.19 bits per heavy atom. The average molecular weight is 239 g/mol. The number of aromatic nitrogens is 1. The van der Waals surface area contributed by atoms with Crippen molar-refractivity contribution in [1.82, 2.24) is 4.98 Å². The Labute approximate surface area is 99.0 Å². The van der Waals surface area contributed by atoms with Crippen LogP contribution in [0.25, 0.3) is 4.85 Å². The van der Waals surface area contributed by atoms with Crippen molar-refractivity contribution in [3.63, 3.8) is 0 Å². The standard InChI is InChI=1S/C11H11ClN2O2/c1-11(2,3)16-10(15)9-8(12)5-7(13-4)6-14-9/h5-6H,1-3H3. The van der Waals surface area contributed by atoms with Crippen molar-refractivity contribution in [2.24, 2.45) is 0 Å². The van der Waals surface area contributed by atoms with E-state index >= 15 is 0 Å². The van der Waals surface area contributed by atoms with Gasteiger partial charge in [0.25, 0.3) is 0 Å². The highest BCUT2D eigenvalue weighted by Gasteiger charge is 2.21. The average Bonchev–Trinajstić information content (AvgIpc) is 2.14. The molecular weight excluding hydrogens is 228 g/mol. The molecule has 1 heterocycles. The highest BCUT2D eigenvalue weighted by atomic mass is 35.5. The van der Waals surface area contributed by atoms with Gasteiger partial charge in [0.15, 0.2) is 5.69 Å². The molecule has 84 valence electrons. The number of carbonyl (C=O) groups is 1. The first-order valence-corrected chi connectivity index (χ1v) is 4.97. The lowest BCUT2D eigenvalue weighted by Crippen LogP contribution is -2.24. The molecule has 0 saturated heterocycles. The van der Waals surface area contributed by atoms with Gasteiger partial charge in [0, 0.05) is 6.20 Å². The van der Waals surface area contributed by atoms with E-state index in [1.54, 1.807) is 20.8 Å². The molecule has 1 aromatic heterocycles. The smallest absolute Gasteiger partial charge is 0.358 e. The van der Waals surface area contributed by atoms with Crippen LogP contribution in [0, 0.1) is 6.57 Å². The number of ether oxygens (including phenoxy) is 1. The van der Waals surface area contributed by atoms with Gasteiger partial charge >= 0.3 is 5.97 Å². The molecule has 0 aliphatic carbocycles. The van der Waals surface area contributed by atoms with Crippen LogP contribution >= 0.6 is 11.6 Å². The third-order valence-corrected chi connectivity index (χ3v) is 1.84. The highest BCUT2D eigenvalue weighted by Crippen LogP contribution is 2.22. The summed E-state index contributed by atoms with van der Waals surface area (Å²) in [5.41, 5.74) is -0.276. The lowest BCUT2D eigenvalue weighted by Gasteiger charge is -2.19. The lowest BCUT2D eigenvalue weighted by atomic mass is 10.2. The van der Waals surface area contributed by atoms with E-state index in [4.69, 9.17) is 22.9 Å². The van der Waals surface area contributed by atoms with Gasteiger partial charge in [-0.15, -0.1) is 0 Å². The van der Waals surface area contributed by atoms with Crippen molar-refractivity contribution in [3.05, 3.63) is 34.4 Å². The first kappa shape index (κ1) is 12.5. The summed E-state index contributed by atoms with van der Waals surface area (Å²) in [4.78, 5) is 18.6. The van der Waals surface area contributed by atoms with E-state index in [9.17, 15) is 4.79 Å². The summed E-state index contributed by atoms with van der Waals surface area (Å²) in [6.45, 7) is 12.0. The van der Waals surface area contributed by atoms with Crippen LogP contribution in [0.2, 0.25) is 5.02 Å². The molecule has 0 spiro atoms. The molecule has 1 rings (SSSR count). The second kappa shape index (κ2) is 4.50. The van der Waals surface area contributed by atoms with Gasteiger partial charge < -0.3 is 4.74 Å². The topological polar surface area (TPSA) is 43.5 Å². The number of carbonyl (C=O) groups excluding carboxylic acids is 1. The maximum Gasteiger partial charge on any atom is 0.358 e. The molecule has 0 aromatic carbocycles. The quantitative estimate of drug-likeness (QED) is 0.557. The van der Waals surface area contributed by atoms with Gasteiger partial charge in [-0.25, -0.2) is 9.64 Å². The molecule has 0 saturated carbocycles. The fourth-order valence-corrected chi connectivity index (χ4v) is 1.20. The third-order valence-electron chi connectivity index (χ3n) is 1.55. The fourth-order valence-electron chi connectivity index (χ4n) is 0.966. The van der Waals surface area contributed by atoms with Gasteiger partial charge in [0.1, 0.15) is 5.60 Å². The molecule has 0 atom stereocenters. The van der Waals surface area contributed by atoms with E-state index < -0.39 is 11.6 Å². The zero-order valence-electron chi connectivity index (χ0n) is 9.24. The van der Waals surface area contributed by atoms with Crippen molar-refractivity contribution >= 4 is 23.3 Å². The molecule has 4 nitrogen and oxygen atoms in total. The van der Waals surface area contributed by atoms with Gasteiger partial charge in [-0.1, -0.05) is 11.6 Å². The number of pyridine rings is 1. The third kappa shape index (κ3) is 3.21. The number of hydrogen-bond donors (Lipinski definition) is 0. The Morgan fingerprint density at radius 3 is 2.62 bits per heavy atom. The summed E-state index contributed by atoms with van der Waals surface area (Å²) in [6, 6.07) is 1.39. The van der Waals surface area contributed by atoms with Crippen molar-refractivity contribution in [2.75, 3.05) is 0 Å². The molecule has 1 aromatic rings. The molecule has 0 aliphatic heterocycles. The van der Waals surface area contributed by atoms with Crippen LogP contribution in [0.15, 0.2) is 12.3 Å². The predicted molar refractivity (Wildman–Crippen MR) is 60.7 cm³/mol. The minimum absolute atomic E-state index is 0.0315. The van der Waals surface area contributed by atoms with E-state index in [1.165, 1.54) is 12.3 Å². The van der Waals surface area contributed by atoms with Crippen molar-refractivity contribution in [2.45, 2.75) is 26.4 Å². The number of hydrogen-bond acceptors (Lipinski definition) is 3. The van der Waals surface area contributed by atoms with Crippen LogP contribution in [0.1, 0.15) is 31.3 Å². The normalized spacial score (nSPS) is 10.7. The number of nitrogens with zero attached hydrogens (tertiary/aromatic N) is 2. The Bertz CT molecular complexity index is 458.